The van der Waals surface area contributed by atoms with Crippen LogP contribution in [0.3, 0.4) is 0 Å². The van der Waals surface area contributed by atoms with Crippen molar-refractivity contribution < 1.29 is 4.74 Å². The second-order valence-electron chi connectivity index (χ2n) is 9.75. The third-order valence-electron chi connectivity index (χ3n) is 6.55. The molecule has 0 N–H and O–H groups in total. The zero-order chi connectivity index (χ0) is 24.2. The molecule has 6 rings (SSSR count). The Balaban J connectivity index is 1.47. The zero-order valence-electron chi connectivity index (χ0n) is 20.0. The summed E-state index contributed by atoms with van der Waals surface area (Å²) in [6.45, 7) is 6.76. The van der Waals surface area contributed by atoms with E-state index in [2.05, 4.69) is 63.2 Å². The van der Waals surface area contributed by atoms with Crippen molar-refractivity contribution in [2.45, 2.75) is 50.3 Å². The molecule has 35 heavy (non-hydrogen) atoms. The van der Waals surface area contributed by atoms with E-state index in [1.165, 1.54) is 16.3 Å². The van der Waals surface area contributed by atoms with E-state index in [4.69, 9.17) is 9.72 Å². The van der Waals surface area contributed by atoms with Crippen LogP contribution in [0.1, 0.15) is 35.4 Å². The highest BCUT2D eigenvalue weighted by molar-refractivity contribution is 7.98. The summed E-state index contributed by atoms with van der Waals surface area (Å²) < 4.78 is 7.82. The van der Waals surface area contributed by atoms with Gasteiger partial charge in [0.1, 0.15) is 4.83 Å². The van der Waals surface area contributed by atoms with Crippen molar-refractivity contribution in [1.29, 1.82) is 0 Å². The van der Waals surface area contributed by atoms with Crippen LogP contribution in [-0.2, 0) is 23.5 Å². The molecule has 5 aromatic rings. The monoisotopic (exact) mass is 498 g/mol. The average Bonchev–Trinajstić information content (AvgIpc) is 3.20. The number of aromatic nitrogens is 2. The van der Waals surface area contributed by atoms with Crippen LogP contribution in [0, 0.1) is 6.92 Å². The standard InChI is InChI=1S/C29H26N2O2S2/c1-18-8-12-22(13-9-18)31-27(32)25-23-15-29(2,3)33-16-24(23)35-26(25)30-28(31)34-17-19-10-11-20-6-4-5-7-21(20)14-19/h4-14H,15-17H2,1-3H3. The van der Waals surface area contributed by atoms with Gasteiger partial charge in [-0.1, -0.05) is 71.9 Å². The van der Waals surface area contributed by atoms with Crippen molar-refractivity contribution in [2.24, 2.45) is 0 Å². The number of aryl methyl sites for hydroxylation is 1. The lowest BCUT2D eigenvalue weighted by molar-refractivity contribution is -0.0379. The Morgan fingerprint density at radius 1 is 1.06 bits per heavy atom. The second kappa shape index (κ2) is 8.63. The maximum Gasteiger partial charge on any atom is 0.267 e. The molecular formula is C29H26N2O2S2. The highest BCUT2D eigenvalue weighted by Gasteiger charge is 2.31. The molecule has 4 nitrogen and oxygen atoms in total. The van der Waals surface area contributed by atoms with Gasteiger partial charge in [-0.05, 0) is 54.8 Å². The minimum Gasteiger partial charge on any atom is -0.370 e. The molecule has 0 atom stereocenters. The first-order valence-corrected chi connectivity index (χ1v) is 13.6. The molecule has 3 aromatic carbocycles. The SMILES string of the molecule is Cc1ccc(-n2c(SCc3ccc4ccccc4c3)nc3sc4c(c3c2=O)CC(C)(C)OC4)cc1. The maximum atomic E-state index is 14.0. The van der Waals surface area contributed by atoms with E-state index >= 15 is 0 Å². The van der Waals surface area contributed by atoms with E-state index in [1.807, 2.05) is 24.3 Å². The number of rotatable bonds is 4. The van der Waals surface area contributed by atoms with Crippen molar-refractivity contribution in [3.8, 4) is 5.69 Å². The van der Waals surface area contributed by atoms with Gasteiger partial charge in [-0.3, -0.25) is 9.36 Å². The van der Waals surface area contributed by atoms with E-state index in [9.17, 15) is 4.79 Å². The lowest BCUT2D eigenvalue weighted by atomic mass is 9.94. The predicted molar refractivity (Wildman–Crippen MR) is 146 cm³/mol. The van der Waals surface area contributed by atoms with Crippen LogP contribution in [0.4, 0.5) is 0 Å². The number of fused-ring (bicyclic) bond motifs is 4. The van der Waals surface area contributed by atoms with Gasteiger partial charge in [0.05, 0.1) is 23.3 Å². The molecule has 0 fully saturated rings. The van der Waals surface area contributed by atoms with Crippen molar-refractivity contribution >= 4 is 44.1 Å². The average molecular weight is 499 g/mol. The van der Waals surface area contributed by atoms with Gasteiger partial charge in [0.2, 0.25) is 0 Å². The molecule has 1 aliphatic rings. The number of hydrogen-bond acceptors (Lipinski definition) is 5. The lowest BCUT2D eigenvalue weighted by Crippen LogP contribution is -2.32. The quantitative estimate of drug-likeness (QED) is 0.197. The molecule has 6 heteroatoms. The van der Waals surface area contributed by atoms with Gasteiger partial charge in [-0.25, -0.2) is 4.98 Å². The van der Waals surface area contributed by atoms with Crippen LogP contribution in [0.2, 0.25) is 0 Å². The van der Waals surface area contributed by atoms with Crippen LogP contribution >= 0.6 is 23.1 Å². The molecular weight excluding hydrogens is 472 g/mol. The van der Waals surface area contributed by atoms with Gasteiger partial charge < -0.3 is 4.74 Å². The highest BCUT2D eigenvalue weighted by atomic mass is 32.2. The van der Waals surface area contributed by atoms with Crippen molar-refractivity contribution in [1.82, 2.24) is 9.55 Å². The molecule has 0 aliphatic carbocycles. The third-order valence-corrected chi connectivity index (χ3v) is 8.66. The van der Waals surface area contributed by atoms with Gasteiger partial charge >= 0.3 is 0 Å². The van der Waals surface area contributed by atoms with Crippen molar-refractivity contribution in [3.63, 3.8) is 0 Å². The first kappa shape index (κ1) is 22.5. The number of hydrogen-bond donors (Lipinski definition) is 0. The Kier molecular flexibility index (Phi) is 5.55. The summed E-state index contributed by atoms with van der Waals surface area (Å²) in [6, 6.07) is 23.0. The van der Waals surface area contributed by atoms with Crippen LogP contribution < -0.4 is 5.56 Å². The van der Waals surface area contributed by atoms with Gasteiger partial charge in [0, 0.05) is 17.1 Å². The fourth-order valence-corrected chi connectivity index (χ4v) is 6.77. The molecule has 0 saturated heterocycles. The minimum absolute atomic E-state index is 0.00932. The Bertz CT molecular complexity index is 1630. The molecule has 0 amide bonds. The van der Waals surface area contributed by atoms with Crippen LogP contribution in [0.25, 0.3) is 26.7 Å². The van der Waals surface area contributed by atoms with E-state index in [0.717, 1.165) is 49.2 Å². The summed E-state index contributed by atoms with van der Waals surface area (Å²) in [6.07, 6.45) is 0.719. The summed E-state index contributed by atoms with van der Waals surface area (Å²) in [4.78, 5) is 21.0. The molecule has 0 saturated carbocycles. The summed E-state index contributed by atoms with van der Waals surface area (Å²) in [7, 11) is 0. The Morgan fingerprint density at radius 3 is 2.63 bits per heavy atom. The van der Waals surface area contributed by atoms with Crippen LogP contribution in [0.5, 0.6) is 0 Å². The molecule has 3 heterocycles. The summed E-state index contributed by atoms with van der Waals surface area (Å²) >= 11 is 3.21. The first-order valence-electron chi connectivity index (χ1n) is 11.8. The number of nitrogens with zero attached hydrogens (tertiary/aromatic N) is 2. The predicted octanol–water partition coefficient (Wildman–Crippen LogP) is 7.05. The largest absolute Gasteiger partial charge is 0.370 e. The Hall–Kier alpha value is -2.93. The fourth-order valence-electron chi connectivity index (χ4n) is 4.67. The number of thioether (sulfide) groups is 1. The first-order chi connectivity index (χ1) is 16.9. The molecule has 0 bridgehead atoms. The summed E-state index contributed by atoms with van der Waals surface area (Å²) in [5.41, 5.74) is 4.04. The van der Waals surface area contributed by atoms with Gasteiger partial charge in [0.25, 0.3) is 5.56 Å². The van der Waals surface area contributed by atoms with E-state index < -0.39 is 0 Å². The topological polar surface area (TPSA) is 44.1 Å². The third kappa shape index (κ3) is 4.20. The fraction of sp³-hybridized carbons (Fsp3) is 0.241. The molecule has 176 valence electrons. The van der Waals surface area contributed by atoms with E-state index in [1.54, 1.807) is 27.7 Å². The highest BCUT2D eigenvalue weighted by Crippen LogP contribution is 2.38. The molecule has 0 radical (unpaired) electrons. The Labute approximate surface area is 212 Å². The maximum absolute atomic E-state index is 14.0. The molecule has 0 spiro atoms. The van der Waals surface area contributed by atoms with Gasteiger partial charge in [0.15, 0.2) is 5.16 Å². The normalized spacial score (nSPS) is 14.9. The minimum atomic E-state index is -0.286. The molecule has 1 aliphatic heterocycles. The lowest BCUT2D eigenvalue weighted by Gasteiger charge is -2.29. The summed E-state index contributed by atoms with van der Waals surface area (Å²) in [5, 5.41) is 3.92. The van der Waals surface area contributed by atoms with Crippen LogP contribution in [-0.4, -0.2) is 15.2 Å². The number of thiophene rings is 1. The number of benzene rings is 3. The summed E-state index contributed by atoms with van der Waals surface area (Å²) in [5.74, 6) is 0.732. The zero-order valence-corrected chi connectivity index (χ0v) is 21.6. The smallest absolute Gasteiger partial charge is 0.267 e. The van der Waals surface area contributed by atoms with Crippen LogP contribution in [0.15, 0.2) is 76.7 Å². The molecule has 0 unspecified atom stereocenters. The van der Waals surface area contributed by atoms with Gasteiger partial charge in [-0.15, -0.1) is 11.3 Å². The Morgan fingerprint density at radius 2 is 1.83 bits per heavy atom. The molecule has 2 aromatic heterocycles. The van der Waals surface area contributed by atoms with E-state index in [0.29, 0.717) is 6.61 Å². The van der Waals surface area contributed by atoms with Crippen molar-refractivity contribution in [2.75, 3.05) is 0 Å². The van der Waals surface area contributed by atoms with E-state index in [-0.39, 0.29) is 11.2 Å². The van der Waals surface area contributed by atoms with Crippen molar-refractivity contribution in [3.05, 3.63) is 98.7 Å². The number of ether oxygens (including phenoxy) is 1. The van der Waals surface area contributed by atoms with Gasteiger partial charge in [-0.2, -0.15) is 0 Å². The second-order valence-corrected chi connectivity index (χ2v) is 11.8.